The highest BCUT2D eigenvalue weighted by Crippen LogP contribution is 2.42. The lowest BCUT2D eigenvalue weighted by Crippen LogP contribution is -1.93. The summed E-state index contributed by atoms with van der Waals surface area (Å²) in [7, 11) is 0. The van der Waals surface area contributed by atoms with Gasteiger partial charge in [0.25, 0.3) is 0 Å². The first-order valence-corrected chi connectivity index (χ1v) is 9.02. The average molecular weight is 329 g/mol. The first-order chi connectivity index (χ1) is 10.5. The van der Waals surface area contributed by atoms with Gasteiger partial charge in [0.05, 0.1) is 6.61 Å². The zero-order valence-corrected chi connectivity index (χ0v) is 15.0. The summed E-state index contributed by atoms with van der Waals surface area (Å²) in [6.45, 7) is 8.70. The number of benzene rings is 1. The van der Waals surface area contributed by atoms with E-state index in [9.17, 15) is 5.11 Å². The second-order valence-electron chi connectivity index (χ2n) is 5.65. The normalized spacial score (nSPS) is 11.1. The molecule has 0 aliphatic heterocycles. The van der Waals surface area contributed by atoms with Crippen molar-refractivity contribution in [2.75, 3.05) is 0 Å². The van der Waals surface area contributed by atoms with Crippen LogP contribution in [0, 0.1) is 27.7 Å². The molecule has 3 rings (SSSR count). The molecule has 0 amide bonds. The molecule has 22 heavy (non-hydrogen) atoms. The molecule has 0 atom stereocenters. The predicted octanol–water partition coefficient (Wildman–Crippen LogP) is 5.87. The SMILES string of the molecule is Cc1cc(-c2cccc(CO)c2-c2cc(C)sc2C)c(C)s1. The van der Waals surface area contributed by atoms with Crippen molar-refractivity contribution < 1.29 is 5.11 Å². The second kappa shape index (κ2) is 5.99. The third-order valence-corrected chi connectivity index (χ3v) is 5.89. The van der Waals surface area contributed by atoms with Gasteiger partial charge in [-0.1, -0.05) is 18.2 Å². The van der Waals surface area contributed by atoms with Crippen molar-refractivity contribution in [2.24, 2.45) is 0 Å². The zero-order valence-electron chi connectivity index (χ0n) is 13.4. The Hall–Kier alpha value is -1.42. The molecule has 0 saturated heterocycles. The third-order valence-electron chi connectivity index (χ3n) is 3.96. The van der Waals surface area contributed by atoms with Gasteiger partial charge in [-0.2, -0.15) is 0 Å². The highest BCUT2D eigenvalue weighted by molar-refractivity contribution is 7.12. The van der Waals surface area contributed by atoms with Gasteiger partial charge in [-0.15, -0.1) is 22.7 Å². The molecular formula is C19H20OS2. The number of rotatable bonds is 3. The highest BCUT2D eigenvalue weighted by Gasteiger charge is 2.17. The standard InChI is InChI=1S/C19H20OS2/c1-11-8-17(13(3)21-11)16-7-5-6-15(10-20)19(16)18-9-12(2)22-14(18)4/h5-9,20H,10H2,1-4H3. The minimum absolute atomic E-state index is 0.0691. The second-order valence-corrected chi connectivity index (χ2v) is 8.57. The van der Waals surface area contributed by atoms with Gasteiger partial charge >= 0.3 is 0 Å². The van der Waals surface area contributed by atoms with Gasteiger partial charge in [-0.3, -0.25) is 0 Å². The molecule has 0 aliphatic carbocycles. The van der Waals surface area contributed by atoms with E-state index >= 15 is 0 Å². The summed E-state index contributed by atoms with van der Waals surface area (Å²) in [5.74, 6) is 0. The van der Waals surface area contributed by atoms with Crippen molar-refractivity contribution in [1.82, 2.24) is 0 Å². The average Bonchev–Trinajstić information content (AvgIpc) is 2.99. The Kier molecular flexibility index (Phi) is 4.22. The lowest BCUT2D eigenvalue weighted by molar-refractivity contribution is 0.282. The van der Waals surface area contributed by atoms with Crippen LogP contribution in [0.1, 0.15) is 25.1 Å². The van der Waals surface area contributed by atoms with Crippen molar-refractivity contribution >= 4 is 22.7 Å². The molecule has 1 aromatic carbocycles. The van der Waals surface area contributed by atoms with Crippen LogP contribution in [0.2, 0.25) is 0 Å². The Morgan fingerprint density at radius 1 is 0.818 bits per heavy atom. The van der Waals surface area contributed by atoms with Crippen LogP contribution in [0.25, 0.3) is 22.3 Å². The van der Waals surface area contributed by atoms with Crippen molar-refractivity contribution in [3.05, 3.63) is 55.4 Å². The molecule has 2 heterocycles. The molecule has 0 saturated carbocycles. The van der Waals surface area contributed by atoms with Crippen molar-refractivity contribution in [1.29, 1.82) is 0 Å². The van der Waals surface area contributed by atoms with E-state index in [1.165, 1.54) is 41.8 Å². The number of thiophene rings is 2. The van der Waals surface area contributed by atoms with Crippen LogP contribution in [0.5, 0.6) is 0 Å². The number of hydrogen-bond acceptors (Lipinski definition) is 3. The van der Waals surface area contributed by atoms with Crippen LogP contribution in [-0.2, 0) is 6.61 Å². The van der Waals surface area contributed by atoms with E-state index in [1.807, 2.05) is 34.8 Å². The number of aliphatic hydroxyl groups excluding tert-OH is 1. The van der Waals surface area contributed by atoms with Crippen molar-refractivity contribution in [3.8, 4) is 22.3 Å². The minimum Gasteiger partial charge on any atom is -0.392 e. The van der Waals surface area contributed by atoms with E-state index in [2.05, 4.69) is 45.9 Å². The van der Waals surface area contributed by atoms with Gasteiger partial charge in [-0.05, 0) is 67.6 Å². The summed E-state index contributed by atoms with van der Waals surface area (Å²) in [6, 6.07) is 10.8. The molecule has 0 unspecified atom stereocenters. The maximum atomic E-state index is 9.83. The Balaban J connectivity index is 2.32. The number of hydrogen-bond donors (Lipinski definition) is 1. The van der Waals surface area contributed by atoms with E-state index in [1.54, 1.807) is 0 Å². The first kappa shape index (κ1) is 15.5. The predicted molar refractivity (Wildman–Crippen MR) is 97.9 cm³/mol. The van der Waals surface area contributed by atoms with Gasteiger partial charge in [0.2, 0.25) is 0 Å². The summed E-state index contributed by atoms with van der Waals surface area (Å²) in [5.41, 5.74) is 5.96. The molecule has 114 valence electrons. The van der Waals surface area contributed by atoms with E-state index < -0.39 is 0 Å². The van der Waals surface area contributed by atoms with Crippen molar-refractivity contribution in [2.45, 2.75) is 34.3 Å². The monoisotopic (exact) mass is 328 g/mol. The molecule has 0 spiro atoms. The lowest BCUT2D eigenvalue weighted by Gasteiger charge is -2.14. The fraction of sp³-hybridized carbons (Fsp3) is 0.263. The van der Waals surface area contributed by atoms with Crippen LogP contribution in [0.3, 0.4) is 0 Å². The molecule has 0 bridgehead atoms. The molecule has 3 heteroatoms. The third kappa shape index (κ3) is 2.65. The largest absolute Gasteiger partial charge is 0.392 e. The summed E-state index contributed by atoms with van der Waals surface area (Å²) in [4.78, 5) is 5.28. The topological polar surface area (TPSA) is 20.2 Å². The summed E-state index contributed by atoms with van der Waals surface area (Å²) in [5, 5.41) is 9.83. The number of aryl methyl sites for hydroxylation is 4. The van der Waals surface area contributed by atoms with Crippen LogP contribution in [0.15, 0.2) is 30.3 Å². The first-order valence-electron chi connectivity index (χ1n) is 7.38. The van der Waals surface area contributed by atoms with Crippen LogP contribution < -0.4 is 0 Å². The Bertz CT molecular complexity index is 824. The highest BCUT2D eigenvalue weighted by atomic mass is 32.1. The van der Waals surface area contributed by atoms with Crippen LogP contribution in [-0.4, -0.2) is 5.11 Å². The van der Waals surface area contributed by atoms with Gasteiger partial charge < -0.3 is 5.11 Å². The van der Waals surface area contributed by atoms with Crippen molar-refractivity contribution in [3.63, 3.8) is 0 Å². The van der Waals surface area contributed by atoms with E-state index in [0.29, 0.717) is 0 Å². The molecule has 0 aliphatic rings. The Morgan fingerprint density at radius 2 is 1.41 bits per heavy atom. The smallest absolute Gasteiger partial charge is 0.0688 e. The number of aliphatic hydroxyl groups is 1. The molecular weight excluding hydrogens is 308 g/mol. The quantitative estimate of drug-likeness (QED) is 0.637. The molecule has 2 aromatic heterocycles. The molecule has 0 radical (unpaired) electrons. The van der Waals surface area contributed by atoms with Gasteiger partial charge in [0.1, 0.15) is 0 Å². The molecule has 1 nitrogen and oxygen atoms in total. The Labute approximate surface area is 139 Å². The Morgan fingerprint density at radius 3 is 1.91 bits per heavy atom. The van der Waals surface area contributed by atoms with E-state index in [-0.39, 0.29) is 6.61 Å². The molecule has 0 fully saturated rings. The van der Waals surface area contributed by atoms with E-state index in [4.69, 9.17) is 0 Å². The lowest BCUT2D eigenvalue weighted by atomic mass is 9.91. The van der Waals surface area contributed by atoms with Gasteiger partial charge in [0, 0.05) is 19.5 Å². The maximum Gasteiger partial charge on any atom is 0.0688 e. The van der Waals surface area contributed by atoms with Gasteiger partial charge in [-0.25, -0.2) is 0 Å². The zero-order chi connectivity index (χ0) is 15.9. The van der Waals surface area contributed by atoms with E-state index in [0.717, 1.165) is 5.56 Å². The minimum atomic E-state index is 0.0691. The maximum absolute atomic E-state index is 9.83. The summed E-state index contributed by atoms with van der Waals surface area (Å²) in [6.07, 6.45) is 0. The fourth-order valence-electron chi connectivity index (χ4n) is 3.05. The van der Waals surface area contributed by atoms with Crippen LogP contribution >= 0.6 is 22.7 Å². The van der Waals surface area contributed by atoms with Crippen LogP contribution in [0.4, 0.5) is 0 Å². The molecule has 1 N–H and O–H groups in total. The summed E-state index contributed by atoms with van der Waals surface area (Å²) < 4.78 is 0. The molecule has 3 aromatic rings. The summed E-state index contributed by atoms with van der Waals surface area (Å²) >= 11 is 3.65. The fourth-order valence-corrected chi connectivity index (χ4v) is 4.92. The van der Waals surface area contributed by atoms with Gasteiger partial charge in [0.15, 0.2) is 0 Å².